The molecule has 4 fully saturated rings. The molecule has 1 heterocycles. The SMILES string of the molecule is CC.COC1CCN(CC23CCC(S)(CC2)CC3)CC1. The zero-order valence-electron chi connectivity index (χ0n) is 13.7. The van der Waals surface area contributed by atoms with Crippen LogP contribution in [0, 0.1) is 5.41 Å². The van der Waals surface area contributed by atoms with Gasteiger partial charge in [0.2, 0.25) is 0 Å². The summed E-state index contributed by atoms with van der Waals surface area (Å²) in [6, 6.07) is 0. The van der Waals surface area contributed by atoms with Crippen LogP contribution in [-0.2, 0) is 4.74 Å². The standard InChI is InChI=1S/C15H27NOS.C2H6/c1-17-13-2-10-16(11-3-13)12-14-4-7-15(18,8-5-14)9-6-14;1-2/h13,18H,2-12H2,1H3;1-2H3. The average molecular weight is 300 g/mol. The van der Waals surface area contributed by atoms with Gasteiger partial charge in [-0.15, -0.1) is 0 Å². The van der Waals surface area contributed by atoms with E-state index in [1.54, 1.807) is 0 Å². The molecule has 0 amide bonds. The second-order valence-electron chi connectivity index (χ2n) is 6.94. The lowest BCUT2D eigenvalue weighted by Crippen LogP contribution is -2.50. The van der Waals surface area contributed by atoms with E-state index in [4.69, 9.17) is 17.4 Å². The number of nitrogens with zero attached hydrogens (tertiary/aromatic N) is 1. The summed E-state index contributed by atoms with van der Waals surface area (Å²) in [4.78, 5) is 2.70. The third kappa shape index (κ3) is 3.72. The number of likely N-dealkylation sites (tertiary alicyclic amines) is 1. The van der Waals surface area contributed by atoms with Gasteiger partial charge in [0.1, 0.15) is 0 Å². The molecule has 0 radical (unpaired) electrons. The van der Waals surface area contributed by atoms with Gasteiger partial charge >= 0.3 is 0 Å². The third-order valence-corrected chi connectivity index (χ3v) is 6.46. The Hall–Kier alpha value is 0.270. The highest BCUT2D eigenvalue weighted by Crippen LogP contribution is 2.55. The van der Waals surface area contributed by atoms with Crippen molar-refractivity contribution in [3.63, 3.8) is 0 Å². The molecular weight excluding hydrogens is 266 g/mol. The van der Waals surface area contributed by atoms with Crippen LogP contribution in [0.2, 0.25) is 0 Å². The summed E-state index contributed by atoms with van der Waals surface area (Å²) in [5.74, 6) is 0. The van der Waals surface area contributed by atoms with E-state index in [9.17, 15) is 0 Å². The fourth-order valence-electron chi connectivity index (χ4n) is 4.26. The van der Waals surface area contributed by atoms with E-state index in [0.717, 1.165) is 0 Å². The van der Waals surface area contributed by atoms with Gasteiger partial charge in [-0.3, -0.25) is 0 Å². The molecule has 118 valence electrons. The molecule has 3 saturated carbocycles. The van der Waals surface area contributed by atoms with E-state index in [2.05, 4.69) is 4.90 Å². The van der Waals surface area contributed by atoms with E-state index < -0.39 is 0 Å². The highest BCUT2D eigenvalue weighted by Gasteiger charge is 2.47. The molecule has 2 bridgehead atoms. The first-order valence-corrected chi connectivity index (χ1v) is 9.05. The maximum atomic E-state index is 5.47. The minimum absolute atomic E-state index is 0.408. The van der Waals surface area contributed by atoms with Crippen molar-refractivity contribution in [1.82, 2.24) is 4.90 Å². The number of piperidine rings is 1. The minimum Gasteiger partial charge on any atom is -0.381 e. The molecule has 0 aromatic carbocycles. The van der Waals surface area contributed by atoms with Crippen molar-refractivity contribution < 1.29 is 4.74 Å². The van der Waals surface area contributed by atoms with Gasteiger partial charge in [0, 0.05) is 31.5 Å². The van der Waals surface area contributed by atoms with E-state index >= 15 is 0 Å². The highest BCUT2D eigenvalue weighted by molar-refractivity contribution is 7.81. The van der Waals surface area contributed by atoms with Crippen LogP contribution in [0.15, 0.2) is 0 Å². The molecule has 0 aromatic heterocycles. The van der Waals surface area contributed by atoms with E-state index in [1.165, 1.54) is 71.0 Å². The molecule has 3 heteroatoms. The van der Waals surface area contributed by atoms with Gasteiger partial charge in [0.15, 0.2) is 0 Å². The van der Waals surface area contributed by atoms with Crippen molar-refractivity contribution >= 4 is 12.6 Å². The Morgan fingerprint density at radius 1 is 1.00 bits per heavy atom. The number of ether oxygens (including phenoxy) is 1. The molecule has 1 saturated heterocycles. The van der Waals surface area contributed by atoms with Crippen molar-refractivity contribution in [2.45, 2.75) is 76.1 Å². The molecule has 2 nitrogen and oxygen atoms in total. The lowest BCUT2D eigenvalue weighted by molar-refractivity contribution is -0.000659. The summed E-state index contributed by atoms with van der Waals surface area (Å²) in [5, 5.41) is 0. The fraction of sp³-hybridized carbons (Fsp3) is 1.00. The highest BCUT2D eigenvalue weighted by atomic mass is 32.1. The number of methoxy groups -OCH3 is 1. The van der Waals surface area contributed by atoms with Crippen LogP contribution in [0.5, 0.6) is 0 Å². The van der Waals surface area contributed by atoms with Gasteiger partial charge in [-0.2, -0.15) is 12.6 Å². The Kier molecular flexibility index (Phi) is 5.84. The molecule has 0 atom stereocenters. The predicted molar refractivity (Wildman–Crippen MR) is 89.7 cm³/mol. The van der Waals surface area contributed by atoms with E-state index in [1.807, 2.05) is 21.0 Å². The number of hydrogen-bond donors (Lipinski definition) is 1. The monoisotopic (exact) mass is 299 g/mol. The molecular formula is C17H33NOS. The zero-order valence-corrected chi connectivity index (χ0v) is 14.6. The van der Waals surface area contributed by atoms with Crippen LogP contribution in [0.1, 0.15) is 65.2 Å². The maximum absolute atomic E-state index is 5.47. The van der Waals surface area contributed by atoms with Gasteiger partial charge in [-0.25, -0.2) is 0 Å². The van der Waals surface area contributed by atoms with Crippen molar-refractivity contribution in [2.75, 3.05) is 26.7 Å². The fourth-order valence-corrected chi connectivity index (χ4v) is 4.59. The van der Waals surface area contributed by atoms with Crippen LogP contribution < -0.4 is 0 Å². The zero-order chi connectivity index (χ0) is 14.6. The average Bonchev–Trinajstić information content (AvgIpc) is 2.52. The van der Waals surface area contributed by atoms with Crippen molar-refractivity contribution in [2.24, 2.45) is 5.41 Å². The molecule has 0 spiro atoms. The number of hydrogen-bond acceptors (Lipinski definition) is 3. The quantitative estimate of drug-likeness (QED) is 0.786. The number of thiol groups is 1. The first kappa shape index (κ1) is 16.6. The second kappa shape index (κ2) is 7.02. The van der Waals surface area contributed by atoms with Gasteiger partial charge in [-0.05, 0) is 56.8 Å². The lowest BCUT2D eigenvalue weighted by atomic mass is 9.60. The largest absolute Gasteiger partial charge is 0.381 e. The number of rotatable bonds is 3. The Morgan fingerprint density at radius 2 is 1.50 bits per heavy atom. The summed E-state index contributed by atoms with van der Waals surface area (Å²) in [6.45, 7) is 7.83. The Bertz CT molecular complexity index is 275. The summed E-state index contributed by atoms with van der Waals surface area (Å²) in [5.41, 5.74) is 0.643. The van der Waals surface area contributed by atoms with E-state index in [-0.39, 0.29) is 0 Å². The smallest absolute Gasteiger partial charge is 0.0595 e. The minimum atomic E-state index is 0.408. The maximum Gasteiger partial charge on any atom is 0.0595 e. The third-order valence-electron chi connectivity index (χ3n) is 5.79. The van der Waals surface area contributed by atoms with Gasteiger partial charge in [0.25, 0.3) is 0 Å². The Morgan fingerprint density at radius 3 is 1.95 bits per heavy atom. The second-order valence-corrected chi connectivity index (χ2v) is 7.88. The van der Waals surface area contributed by atoms with Crippen LogP contribution in [0.3, 0.4) is 0 Å². The topological polar surface area (TPSA) is 12.5 Å². The molecule has 3 aliphatic carbocycles. The molecule has 1 aliphatic heterocycles. The van der Waals surface area contributed by atoms with Gasteiger partial charge in [0.05, 0.1) is 6.10 Å². The molecule has 0 aromatic rings. The first-order chi connectivity index (χ1) is 9.63. The van der Waals surface area contributed by atoms with Crippen LogP contribution in [0.25, 0.3) is 0 Å². The van der Waals surface area contributed by atoms with Crippen molar-refractivity contribution in [1.29, 1.82) is 0 Å². The van der Waals surface area contributed by atoms with Crippen molar-refractivity contribution in [3.05, 3.63) is 0 Å². The summed E-state index contributed by atoms with van der Waals surface area (Å²) < 4.78 is 5.87. The van der Waals surface area contributed by atoms with E-state index in [0.29, 0.717) is 16.3 Å². The summed E-state index contributed by atoms with van der Waals surface area (Å²) in [7, 11) is 1.85. The van der Waals surface area contributed by atoms with Gasteiger partial charge in [-0.1, -0.05) is 13.8 Å². The Labute approximate surface area is 131 Å². The molecule has 0 unspecified atom stereocenters. The number of fused-ring (bicyclic) bond motifs is 3. The molecule has 20 heavy (non-hydrogen) atoms. The summed E-state index contributed by atoms with van der Waals surface area (Å²) >= 11 is 4.89. The van der Waals surface area contributed by atoms with Crippen LogP contribution in [-0.4, -0.2) is 42.5 Å². The molecule has 4 aliphatic rings. The normalized spacial score (nSPS) is 38.4. The van der Waals surface area contributed by atoms with Crippen LogP contribution in [0.4, 0.5) is 0 Å². The Balaban J connectivity index is 0.000000704. The van der Waals surface area contributed by atoms with Gasteiger partial charge < -0.3 is 9.64 Å². The molecule has 4 rings (SSSR count). The summed E-state index contributed by atoms with van der Waals surface area (Å²) in [6.07, 6.45) is 11.3. The lowest BCUT2D eigenvalue weighted by Gasteiger charge is -2.53. The van der Waals surface area contributed by atoms with Crippen molar-refractivity contribution in [3.8, 4) is 0 Å². The molecule has 0 N–H and O–H groups in total. The first-order valence-electron chi connectivity index (χ1n) is 8.61. The predicted octanol–water partition coefficient (Wildman–Crippen LogP) is 4.15. The van der Waals surface area contributed by atoms with Crippen LogP contribution >= 0.6 is 12.6 Å².